The van der Waals surface area contributed by atoms with Gasteiger partial charge in [-0.15, -0.1) is 0 Å². The Balaban J connectivity index is 1.60. The summed E-state index contributed by atoms with van der Waals surface area (Å²) in [5.74, 6) is 0.483. The summed E-state index contributed by atoms with van der Waals surface area (Å²) < 4.78 is 16.9. The van der Waals surface area contributed by atoms with Gasteiger partial charge in [-0.05, 0) is 84.8 Å². The van der Waals surface area contributed by atoms with Gasteiger partial charge in [0.15, 0.2) is 6.10 Å². The van der Waals surface area contributed by atoms with Crippen molar-refractivity contribution in [2.24, 2.45) is 0 Å². The van der Waals surface area contributed by atoms with Crippen LogP contribution in [0.5, 0.6) is 11.5 Å². The smallest absolute Gasteiger partial charge is 0.415 e. The maximum Gasteiger partial charge on any atom is 0.415 e. The number of carbonyl (C=O) groups is 2. The number of carboxylic acids is 1. The van der Waals surface area contributed by atoms with E-state index in [1.54, 1.807) is 42.2 Å². The third-order valence-corrected chi connectivity index (χ3v) is 6.88. The zero-order chi connectivity index (χ0) is 29.8. The van der Waals surface area contributed by atoms with Crippen molar-refractivity contribution in [1.82, 2.24) is 4.90 Å². The highest BCUT2D eigenvalue weighted by Gasteiger charge is 2.19. The fraction of sp³-hybridized carbons (Fsp3) is 0.375. The minimum Gasteiger partial charge on any atom is -0.492 e. The zero-order valence-electron chi connectivity index (χ0n) is 23.6. The van der Waals surface area contributed by atoms with E-state index in [0.717, 1.165) is 16.7 Å². The monoisotopic (exact) mass is 601 g/mol. The van der Waals surface area contributed by atoms with E-state index in [1.807, 2.05) is 36.4 Å². The first kappa shape index (κ1) is 32.3. The summed E-state index contributed by atoms with van der Waals surface area (Å²) in [4.78, 5) is 26.1. The number of carboxylic acid groups (broad SMARTS) is 1. The minimum absolute atomic E-state index is 0.250. The highest BCUT2D eigenvalue weighted by molar-refractivity contribution is 6.34. The van der Waals surface area contributed by atoms with Crippen molar-refractivity contribution in [2.75, 3.05) is 26.3 Å². The summed E-state index contributed by atoms with van der Waals surface area (Å²) >= 11 is 12.3. The molecule has 1 unspecified atom stereocenters. The lowest BCUT2D eigenvalue weighted by molar-refractivity contribution is -0.149. The highest BCUT2D eigenvalue weighted by Crippen LogP contribution is 2.22. The molecular formula is C32H37Cl2NO6. The van der Waals surface area contributed by atoms with Crippen LogP contribution < -0.4 is 9.47 Å². The standard InChI is InChI=1S/C32H37Cl2NO6/c1-4-39-30(31(36)37)20-23-7-11-28(12-8-23)40-17-16-35(15-5-6-24-18-26(33)21-27(34)19-24)32(38)41-29-13-9-25(10-14-29)22(2)3/h7-14,18-19,21-22,30H,4-6,15-17,20H2,1-3H3,(H,36,37). The van der Waals surface area contributed by atoms with Crippen molar-refractivity contribution in [3.8, 4) is 11.5 Å². The molecule has 3 aromatic rings. The maximum atomic E-state index is 13.1. The summed E-state index contributed by atoms with van der Waals surface area (Å²) in [5, 5.41) is 10.5. The van der Waals surface area contributed by atoms with Crippen molar-refractivity contribution in [3.05, 3.63) is 93.5 Å². The number of halogens is 2. The van der Waals surface area contributed by atoms with Crippen LogP contribution in [0.2, 0.25) is 10.0 Å². The summed E-state index contributed by atoms with van der Waals surface area (Å²) in [6.45, 7) is 7.32. The van der Waals surface area contributed by atoms with E-state index in [0.29, 0.717) is 60.0 Å². The Kier molecular flexibility index (Phi) is 12.8. The number of hydrogen-bond donors (Lipinski definition) is 1. The van der Waals surface area contributed by atoms with E-state index in [2.05, 4.69) is 13.8 Å². The first-order chi connectivity index (χ1) is 19.6. The molecule has 220 valence electrons. The topological polar surface area (TPSA) is 85.3 Å². The van der Waals surface area contributed by atoms with Gasteiger partial charge in [0.05, 0.1) is 6.54 Å². The van der Waals surface area contributed by atoms with E-state index in [-0.39, 0.29) is 13.0 Å². The third-order valence-electron chi connectivity index (χ3n) is 6.44. The summed E-state index contributed by atoms with van der Waals surface area (Å²) in [7, 11) is 0. The van der Waals surface area contributed by atoms with E-state index in [1.165, 1.54) is 0 Å². The molecule has 0 fully saturated rings. The zero-order valence-corrected chi connectivity index (χ0v) is 25.2. The van der Waals surface area contributed by atoms with Gasteiger partial charge in [0.2, 0.25) is 0 Å². The average Bonchev–Trinajstić information content (AvgIpc) is 2.92. The molecule has 0 aromatic heterocycles. The Hall–Kier alpha value is -3.26. The molecule has 1 N–H and O–H groups in total. The molecule has 1 amide bonds. The van der Waals surface area contributed by atoms with Gasteiger partial charge in [-0.25, -0.2) is 9.59 Å². The predicted octanol–water partition coefficient (Wildman–Crippen LogP) is 7.66. The average molecular weight is 603 g/mol. The van der Waals surface area contributed by atoms with Crippen LogP contribution in [0.4, 0.5) is 4.79 Å². The van der Waals surface area contributed by atoms with E-state index >= 15 is 0 Å². The maximum absolute atomic E-state index is 13.1. The second-order valence-corrected chi connectivity index (χ2v) is 10.8. The highest BCUT2D eigenvalue weighted by atomic mass is 35.5. The van der Waals surface area contributed by atoms with Gasteiger partial charge in [0, 0.05) is 29.6 Å². The predicted molar refractivity (Wildman–Crippen MR) is 162 cm³/mol. The molecule has 3 aromatic carbocycles. The van der Waals surface area contributed by atoms with E-state index in [9.17, 15) is 14.7 Å². The van der Waals surface area contributed by atoms with Crippen molar-refractivity contribution in [3.63, 3.8) is 0 Å². The van der Waals surface area contributed by atoms with Crippen LogP contribution in [0.1, 0.15) is 49.8 Å². The van der Waals surface area contributed by atoms with Crippen LogP contribution in [-0.4, -0.2) is 54.5 Å². The lowest BCUT2D eigenvalue weighted by Crippen LogP contribution is -2.37. The van der Waals surface area contributed by atoms with Crippen molar-refractivity contribution >= 4 is 35.3 Å². The number of aryl methyl sites for hydroxylation is 1. The van der Waals surface area contributed by atoms with E-state index < -0.39 is 18.2 Å². The second kappa shape index (κ2) is 16.2. The molecular weight excluding hydrogens is 565 g/mol. The number of rotatable bonds is 15. The number of benzene rings is 3. The van der Waals surface area contributed by atoms with Gasteiger partial charge in [0.1, 0.15) is 18.1 Å². The third kappa shape index (κ3) is 10.9. The molecule has 0 spiro atoms. The molecule has 0 saturated heterocycles. The van der Waals surface area contributed by atoms with Gasteiger partial charge in [-0.3, -0.25) is 0 Å². The van der Waals surface area contributed by atoms with Crippen LogP contribution in [-0.2, 0) is 22.4 Å². The number of hydrogen-bond acceptors (Lipinski definition) is 5. The minimum atomic E-state index is -0.992. The largest absolute Gasteiger partial charge is 0.492 e. The molecule has 7 nitrogen and oxygen atoms in total. The molecule has 1 atom stereocenters. The Morgan fingerprint density at radius 3 is 2.10 bits per heavy atom. The number of aliphatic carboxylic acids is 1. The number of ether oxygens (including phenoxy) is 3. The summed E-state index contributed by atoms with van der Waals surface area (Å²) in [5.41, 5.74) is 2.98. The van der Waals surface area contributed by atoms with Crippen molar-refractivity contribution in [1.29, 1.82) is 0 Å². The quantitative estimate of drug-likeness (QED) is 0.192. The van der Waals surface area contributed by atoms with E-state index in [4.69, 9.17) is 37.4 Å². The Bertz CT molecular complexity index is 1240. The molecule has 0 aliphatic rings. The summed E-state index contributed by atoms with van der Waals surface area (Å²) in [6, 6.07) is 20.1. The fourth-order valence-corrected chi connectivity index (χ4v) is 4.81. The van der Waals surface area contributed by atoms with Crippen LogP contribution in [0.25, 0.3) is 0 Å². The Labute approximate surface area is 251 Å². The van der Waals surface area contributed by atoms with Crippen LogP contribution in [0.3, 0.4) is 0 Å². The molecule has 0 heterocycles. The number of carbonyl (C=O) groups excluding carboxylic acids is 1. The Morgan fingerprint density at radius 2 is 1.51 bits per heavy atom. The molecule has 9 heteroatoms. The lowest BCUT2D eigenvalue weighted by Gasteiger charge is -2.22. The van der Waals surface area contributed by atoms with Crippen LogP contribution >= 0.6 is 23.2 Å². The SMILES string of the molecule is CCOC(Cc1ccc(OCCN(CCCc2cc(Cl)cc(Cl)c2)C(=O)Oc2ccc(C(C)C)cc2)cc1)C(=O)O. The first-order valence-corrected chi connectivity index (χ1v) is 14.5. The van der Waals surface area contributed by atoms with Gasteiger partial charge in [-0.1, -0.05) is 61.3 Å². The van der Waals surface area contributed by atoms with Gasteiger partial charge in [0.25, 0.3) is 0 Å². The molecule has 0 radical (unpaired) electrons. The van der Waals surface area contributed by atoms with Gasteiger partial charge >= 0.3 is 12.1 Å². The molecule has 0 aliphatic heterocycles. The normalized spacial score (nSPS) is 11.8. The molecule has 3 rings (SSSR count). The lowest BCUT2D eigenvalue weighted by atomic mass is 10.0. The molecule has 0 bridgehead atoms. The van der Waals surface area contributed by atoms with Crippen LogP contribution in [0.15, 0.2) is 66.7 Å². The Morgan fingerprint density at radius 1 is 0.878 bits per heavy atom. The second-order valence-electron chi connectivity index (χ2n) is 9.94. The molecule has 0 saturated carbocycles. The summed E-state index contributed by atoms with van der Waals surface area (Å²) in [6.07, 6.45) is 0.280. The van der Waals surface area contributed by atoms with Crippen LogP contribution in [0, 0.1) is 0 Å². The van der Waals surface area contributed by atoms with Crippen molar-refractivity contribution in [2.45, 2.75) is 52.1 Å². The number of amides is 1. The fourth-order valence-electron chi connectivity index (χ4n) is 4.24. The number of nitrogens with zero attached hydrogens (tertiary/aromatic N) is 1. The van der Waals surface area contributed by atoms with Crippen molar-refractivity contribution < 1.29 is 28.9 Å². The van der Waals surface area contributed by atoms with Gasteiger partial charge in [-0.2, -0.15) is 0 Å². The van der Waals surface area contributed by atoms with Gasteiger partial charge < -0.3 is 24.2 Å². The first-order valence-electron chi connectivity index (χ1n) is 13.7. The molecule has 41 heavy (non-hydrogen) atoms. The molecule has 0 aliphatic carbocycles.